The molecule has 5 nitrogen and oxygen atoms in total. The molecule has 1 heterocycles. The van der Waals surface area contributed by atoms with Crippen LogP contribution in [0.5, 0.6) is 0 Å². The minimum Gasteiger partial charge on any atom is -0.399 e. The smallest absolute Gasteiger partial charge is 0.181 e. The Hall–Kier alpha value is -2.66. The monoisotopic (exact) mass is 280 g/mol. The van der Waals surface area contributed by atoms with Gasteiger partial charge in [0, 0.05) is 11.3 Å². The van der Waals surface area contributed by atoms with E-state index in [2.05, 4.69) is 10.1 Å². The largest absolute Gasteiger partial charge is 0.399 e. The molecule has 0 amide bonds. The number of anilines is 1. The predicted molar refractivity (Wildman–Crippen MR) is 81.1 cm³/mol. The summed E-state index contributed by atoms with van der Waals surface area (Å²) >= 11 is 0. The van der Waals surface area contributed by atoms with Crippen molar-refractivity contribution in [3.63, 3.8) is 0 Å². The zero-order valence-corrected chi connectivity index (χ0v) is 11.5. The lowest BCUT2D eigenvalue weighted by atomic mass is 10.2. The third kappa shape index (κ3) is 3.46. The summed E-state index contributed by atoms with van der Waals surface area (Å²) < 4.78 is 7.29. The van der Waals surface area contributed by atoms with Crippen molar-refractivity contribution < 1.29 is 4.74 Å². The molecule has 3 rings (SSSR count). The van der Waals surface area contributed by atoms with Crippen LogP contribution in [-0.2, 0) is 18.1 Å². The van der Waals surface area contributed by atoms with E-state index in [4.69, 9.17) is 10.5 Å². The highest BCUT2D eigenvalue weighted by Gasteiger charge is 2.04. The standard InChI is InChI=1S/C16H16N4O/c17-15-8-6-14(7-9-15)16-18-11-20(19-16)12-21-10-13-4-2-1-3-5-13/h1-9,11H,10,12,17H2. The highest BCUT2D eigenvalue weighted by molar-refractivity contribution is 5.57. The molecule has 2 aromatic carbocycles. The quantitative estimate of drug-likeness (QED) is 0.730. The van der Waals surface area contributed by atoms with Crippen molar-refractivity contribution in [2.24, 2.45) is 0 Å². The molecule has 0 aliphatic rings. The Labute approximate surface area is 123 Å². The average molecular weight is 280 g/mol. The normalized spacial score (nSPS) is 10.7. The Morgan fingerprint density at radius 3 is 2.52 bits per heavy atom. The molecule has 0 aliphatic carbocycles. The van der Waals surface area contributed by atoms with Gasteiger partial charge in [-0.2, -0.15) is 0 Å². The molecule has 0 spiro atoms. The highest BCUT2D eigenvalue weighted by Crippen LogP contribution is 2.15. The van der Waals surface area contributed by atoms with Crippen molar-refractivity contribution in [1.82, 2.24) is 14.8 Å². The Morgan fingerprint density at radius 2 is 1.76 bits per heavy atom. The van der Waals surface area contributed by atoms with E-state index in [1.54, 1.807) is 11.0 Å². The summed E-state index contributed by atoms with van der Waals surface area (Å²) in [5.74, 6) is 0.665. The van der Waals surface area contributed by atoms with Gasteiger partial charge < -0.3 is 10.5 Å². The summed E-state index contributed by atoms with van der Waals surface area (Å²) in [5, 5.41) is 4.38. The Bertz CT molecular complexity index is 692. The van der Waals surface area contributed by atoms with Gasteiger partial charge in [0.05, 0.1) is 6.61 Å². The number of ether oxygens (including phenoxy) is 1. The summed E-state index contributed by atoms with van der Waals surface area (Å²) in [6.45, 7) is 0.925. The molecule has 0 radical (unpaired) electrons. The minimum absolute atomic E-state index is 0.372. The van der Waals surface area contributed by atoms with Gasteiger partial charge in [0.15, 0.2) is 5.82 Å². The molecule has 0 bridgehead atoms. The summed E-state index contributed by atoms with van der Waals surface area (Å²) in [6, 6.07) is 17.5. The van der Waals surface area contributed by atoms with Gasteiger partial charge in [-0.3, -0.25) is 0 Å². The zero-order chi connectivity index (χ0) is 14.5. The first-order chi connectivity index (χ1) is 10.3. The van der Waals surface area contributed by atoms with Crippen molar-refractivity contribution in [2.45, 2.75) is 13.3 Å². The molecule has 0 atom stereocenters. The van der Waals surface area contributed by atoms with Crippen LogP contribution in [0.3, 0.4) is 0 Å². The third-order valence-electron chi connectivity index (χ3n) is 3.04. The maximum Gasteiger partial charge on any atom is 0.181 e. The minimum atomic E-state index is 0.372. The number of nitrogens with two attached hydrogens (primary N) is 1. The topological polar surface area (TPSA) is 66.0 Å². The Balaban J connectivity index is 1.59. The summed E-state index contributed by atoms with van der Waals surface area (Å²) in [7, 11) is 0. The van der Waals surface area contributed by atoms with Gasteiger partial charge in [-0.05, 0) is 29.8 Å². The first-order valence-electron chi connectivity index (χ1n) is 6.68. The SMILES string of the molecule is Nc1ccc(-c2ncn(COCc3ccccc3)n2)cc1. The lowest BCUT2D eigenvalue weighted by molar-refractivity contribution is 0.0560. The molecule has 3 aromatic rings. The van der Waals surface area contributed by atoms with Crippen LogP contribution in [0.15, 0.2) is 60.9 Å². The number of nitrogens with zero attached hydrogens (tertiary/aromatic N) is 3. The number of nitrogen functional groups attached to an aromatic ring is 1. The predicted octanol–water partition coefficient (Wildman–Crippen LogP) is 2.70. The molecular weight excluding hydrogens is 264 g/mol. The van der Waals surface area contributed by atoms with Crippen LogP contribution >= 0.6 is 0 Å². The van der Waals surface area contributed by atoms with Crippen molar-refractivity contribution in [3.8, 4) is 11.4 Å². The zero-order valence-electron chi connectivity index (χ0n) is 11.5. The maximum atomic E-state index is 5.66. The van der Waals surface area contributed by atoms with Crippen LogP contribution in [0.25, 0.3) is 11.4 Å². The van der Waals surface area contributed by atoms with Crippen LogP contribution in [0, 0.1) is 0 Å². The van der Waals surface area contributed by atoms with Gasteiger partial charge in [-0.25, -0.2) is 9.67 Å². The summed E-state index contributed by atoms with van der Waals surface area (Å²) in [4.78, 5) is 4.27. The van der Waals surface area contributed by atoms with E-state index in [1.807, 2.05) is 54.6 Å². The number of hydrogen-bond donors (Lipinski definition) is 1. The summed E-state index contributed by atoms with van der Waals surface area (Å²) in [5.41, 5.74) is 8.46. The van der Waals surface area contributed by atoms with E-state index in [-0.39, 0.29) is 0 Å². The highest BCUT2D eigenvalue weighted by atomic mass is 16.5. The molecule has 2 N–H and O–H groups in total. The fourth-order valence-corrected chi connectivity index (χ4v) is 1.95. The number of hydrogen-bond acceptors (Lipinski definition) is 4. The van der Waals surface area contributed by atoms with Gasteiger partial charge in [0.25, 0.3) is 0 Å². The second kappa shape index (κ2) is 6.19. The number of aromatic nitrogens is 3. The van der Waals surface area contributed by atoms with E-state index in [1.165, 1.54) is 0 Å². The van der Waals surface area contributed by atoms with Crippen molar-refractivity contribution >= 4 is 5.69 Å². The number of rotatable bonds is 5. The van der Waals surface area contributed by atoms with Crippen molar-refractivity contribution in [2.75, 3.05) is 5.73 Å². The first-order valence-corrected chi connectivity index (χ1v) is 6.68. The van der Waals surface area contributed by atoms with Crippen molar-refractivity contribution in [3.05, 3.63) is 66.5 Å². The summed E-state index contributed by atoms with van der Waals surface area (Å²) in [6.07, 6.45) is 1.66. The molecular formula is C16H16N4O. The molecule has 21 heavy (non-hydrogen) atoms. The van der Waals surface area contributed by atoms with Crippen LogP contribution in [0.2, 0.25) is 0 Å². The van der Waals surface area contributed by atoms with E-state index in [9.17, 15) is 0 Å². The fourth-order valence-electron chi connectivity index (χ4n) is 1.95. The van der Waals surface area contributed by atoms with E-state index in [0.29, 0.717) is 19.2 Å². The molecule has 0 aliphatic heterocycles. The van der Waals surface area contributed by atoms with Crippen LogP contribution in [-0.4, -0.2) is 14.8 Å². The van der Waals surface area contributed by atoms with Crippen LogP contribution in [0.4, 0.5) is 5.69 Å². The molecule has 0 unspecified atom stereocenters. The van der Waals surface area contributed by atoms with Gasteiger partial charge in [-0.15, -0.1) is 5.10 Å². The van der Waals surface area contributed by atoms with Crippen molar-refractivity contribution in [1.29, 1.82) is 0 Å². The van der Waals surface area contributed by atoms with Gasteiger partial charge in [-0.1, -0.05) is 30.3 Å². The second-order valence-corrected chi connectivity index (χ2v) is 4.69. The van der Waals surface area contributed by atoms with E-state index < -0.39 is 0 Å². The van der Waals surface area contributed by atoms with Gasteiger partial charge >= 0.3 is 0 Å². The fraction of sp³-hybridized carbons (Fsp3) is 0.125. The Kier molecular flexibility index (Phi) is 3.93. The molecule has 0 saturated carbocycles. The number of benzene rings is 2. The molecule has 106 valence electrons. The van der Waals surface area contributed by atoms with E-state index >= 15 is 0 Å². The van der Waals surface area contributed by atoms with Gasteiger partial charge in [0.1, 0.15) is 13.1 Å². The molecule has 0 fully saturated rings. The van der Waals surface area contributed by atoms with Gasteiger partial charge in [0.2, 0.25) is 0 Å². The molecule has 1 aromatic heterocycles. The molecule has 0 saturated heterocycles. The first kappa shape index (κ1) is 13.3. The molecule has 5 heteroatoms. The second-order valence-electron chi connectivity index (χ2n) is 4.69. The lowest BCUT2D eigenvalue weighted by Crippen LogP contribution is -2.03. The Morgan fingerprint density at radius 1 is 1.00 bits per heavy atom. The van der Waals surface area contributed by atoms with E-state index in [0.717, 1.165) is 16.8 Å². The third-order valence-corrected chi connectivity index (χ3v) is 3.04. The average Bonchev–Trinajstić information content (AvgIpc) is 2.98. The maximum absolute atomic E-state index is 5.66. The van der Waals surface area contributed by atoms with Crippen LogP contribution in [0.1, 0.15) is 5.56 Å². The van der Waals surface area contributed by atoms with Crippen LogP contribution < -0.4 is 5.73 Å². The lowest BCUT2D eigenvalue weighted by Gasteiger charge is -2.03.